The summed E-state index contributed by atoms with van der Waals surface area (Å²) in [7, 11) is 0.946. The summed E-state index contributed by atoms with van der Waals surface area (Å²) in [5, 5.41) is 10.2. The SMILES string of the molecule is CCCCCCCCNc1nc(NCCCCCCCC)nc(NC(OCC)(OCC)C(C[SiH3])OCC)n1. The molecule has 222 valence electrons. The van der Waals surface area contributed by atoms with Crippen molar-refractivity contribution in [3.63, 3.8) is 0 Å². The molecule has 0 radical (unpaired) electrons. The highest BCUT2D eigenvalue weighted by Crippen LogP contribution is 2.26. The van der Waals surface area contributed by atoms with Crippen LogP contribution in [0.5, 0.6) is 0 Å². The van der Waals surface area contributed by atoms with E-state index in [0.29, 0.717) is 37.7 Å². The molecule has 1 atom stereocenters. The second kappa shape index (κ2) is 22.3. The van der Waals surface area contributed by atoms with Gasteiger partial charge in [0.1, 0.15) is 6.10 Å². The lowest BCUT2D eigenvalue weighted by molar-refractivity contribution is -0.267. The van der Waals surface area contributed by atoms with Crippen LogP contribution in [0.25, 0.3) is 0 Å². The van der Waals surface area contributed by atoms with Gasteiger partial charge in [-0.05, 0) is 39.7 Å². The summed E-state index contributed by atoms with van der Waals surface area (Å²) >= 11 is 0. The molecule has 1 aromatic rings. The van der Waals surface area contributed by atoms with E-state index in [9.17, 15) is 0 Å². The fraction of sp³-hybridized carbons (Fsp3) is 0.893. The Morgan fingerprint density at radius 3 is 1.50 bits per heavy atom. The first-order chi connectivity index (χ1) is 18.6. The van der Waals surface area contributed by atoms with Crippen LogP contribution in [0, 0.1) is 0 Å². The van der Waals surface area contributed by atoms with Crippen LogP contribution in [0.4, 0.5) is 17.8 Å². The minimum absolute atomic E-state index is 0.269. The van der Waals surface area contributed by atoms with E-state index in [1.165, 1.54) is 64.2 Å². The zero-order valence-electron chi connectivity index (χ0n) is 25.4. The molecule has 0 aliphatic rings. The molecule has 0 fully saturated rings. The first kappa shape index (κ1) is 34.5. The van der Waals surface area contributed by atoms with Gasteiger partial charge in [0, 0.05) is 43.2 Å². The van der Waals surface area contributed by atoms with Crippen molar-refractivity contribution < 1.29 is 14.2 Å². The molecule has 0 amide bonds. The summed E-state index contributed by atoms with van der Waals surface area (Å²) in [6.07, 6.45) is 14.6. The fourth-order valence-electron chi connectivity index (χ4n) is 4.46. The summed E-state index contributed by atoms with van der Waals surface area (Å²) in [6, 6.07) is 0.845. The maximum Gasteiger partial charge on any atom is 0.278 e. The molecule has 0 aliphatic carbocycles. The maximum atomic E-state index is 6.17. The van der Waals surface area contributed by atoms with Gasteiger partial charge in [-0.3, -0.25) is 0 Å². The van der Waals surface area contributed by atoms with E-state index in [4.69, 9.17) is 24.2 Å². The summed E-state index contributed by atoms with van der Waals surface area (Å²) in [5.41, 5.74) is 0. The molecular weight excluding hydrogens is 496 g/mol. The van der Waals surface area contributed by atoms with Gasteiger partial charge in [0.2, 0.25) is 17.8 Å². The Bertz CT molecular complexity index is 658. The van der Waals surface area contributed by atoms with Crippen LogP contribution in [-0.4, -0.2) is 70.1 Å². The average molecular weight is 555 g/mol. The predicted molar refractivity (Wildman–Crippen MR) is 163 cm³/mol. The Hall–Kier alpha value is -1.49. The third-order valence-corrected chi connectivity index (χ3v) is 7.17. The summed E-state index contributed by atoms with van der Waals surface area (Å²) in [6.45, 7) is 13.6. The minimum Gasteiger partial charge on any atom is -0.371 e. The predicted octanol–water partition coefficient (Wildman–Crippen LogP) is 5.74. The quantitative estimate of drug-likeness (QED) is 0.0751. The second-order valence-electron chi connectivity index (χ2n) is 9.71. The van der Waals surface area contributed by atoms with Crippen molar-refractivity contribution in [1.82, 2.24) is 15.0 Å². The molecule has 1 unspecified atom stereocenters. The summed E-state index contributed by atoms with van der Waals surface area (Å²) in [5.74, 6) is 0.373. The zero-order chi connectivity index (χ0) is 27.9. The summed E-state index contributed by atoms with van der Waals surface area (Å²) in [4.78, 5) is 14.1. The second-order valence-corrected chi connectivity index (χ2v) is 10.5. The smallest absolute Gasteiger partial charge is 0.278 e. The van der Waals surface area contributed by atoms with E-state index < -0.39 is 5.91 Å². The largest absolute Gasteiger partial charge is 0.371 e. The van der Waals surface area contributed by atoms with Gasteiger partial charge in [-0.25, -0.2) is 0 Å². The van der Waals surface area contributed by atoms with Gasteiger partial charge < -0.3 is 30.2 Å². The lowest BCUT2D eigenvalue weighted by atomic mass is 10.1. The summed E-state index contributed by atoms with van der Waals surface area (Å²) < 4.78 is 18.4. The van der Waals surface area contributed by atoms with Crippen molar-refractivity contribution in [2.45, 2.75) is 130 Å². The third-order valence-electron chi connectivity index (χ3n) is 6.43. The molecular formula is C28H58N6O3Si. The topological polar surface area (TPSA) is 102 Å². The Morgan fingerprint density at radius 1 is 0.632 bits per heavy atom. The molecule has 0 spiro atoms. The number of unbranched alkanes of at least 4 members (excludes halogenated alkanes) is 10. The molecule has 0 saturated carbocycles. The van der Waals surface area contributed by atoms with Gasteiger partial charge in [0.05, 0.1) is 0 Å². The molecule has 3 N–H and O–H groups in total. The van der Waals surface area contributed by atoms with Crippen LogP contribution in [0.2, 0.25) is 6.04 Å². The molecule has 0 aliphatic heterocycles. The monoisotopic (exact) mass is 554 g/mol. The van der Waals surface area contributed by atoms with Crippen molar-refractivity contribution in [1.29, 1.82) is 0 Å². The van der Waals surface area contributed by atoms with E-state index >= 15 is 0 Å². The van der Waals surface area contributed by atoms with E-state index in [1.54, 1.807) is 0 Å². The molecule has 1 rings (SSSR count). The Morgan fingerprint density at radius 2 is 1.08 bits per heavy atom. The Labute approximate surface area is 235 Å². The first-order valence-electron chi connectivity index (χ1n) is 15.5. The number of ether oxygens (including phenoxy) is 3. The highest BCUT2D eigenvalue weighted by Gasteiger charge is 2.42. The van der Waals surface area contributed by atoms with Crippen molar-refractivity contribution >= 4 is 28.1 Å². The number of nitrogens with zero attached hydrogens (tertiary/aromatic N) is 3. The van der Waals surface area contributed by atoms with Gasteiger partial charge >= 0.3 is 0 Å². The number of hydrogen-bond acceptors (Lipinski definition) is 9. The van der Waals surface area contributed by atoms with E-state index in [2.05, 4.69) is 34.8 Å². The maximum absolute atomic E-state index is 6.17. The van der Waals surface area contributed by atoms with Crippen molar-refractivity contribution in [2.75, 3.05) is 48.9 Å². The standard InChI is InChI=1S/C28H58N6O3Si/c1-6-11-13-15-17-19-21-29-25-31-26(30-22-20-18-16-14-12-7-2)33-27(32-25)34-28(36-9-4,37-10-5)24(23-38)35-8-3/h24H,6-23H2,1-5,38H3,(H3,29,30,31,32,33,34). The first-order valence-corrected chi connectivity index (χ1v) is 16.9. The van der Waals surface area contributed by atoms with Gasteiger partial charge in [-0.15, -0.1) is 0 Å². The van der Waals surface area contributed by atoms with Crippen molar-refractivity contribution in [2.24, 2.45) is 0 Å². The van der Waals surface area contributed by atoms with Crippen molar-refractivity contribution in [3.8, 4) is 0 Å². The van der Waals surface area contributed by atoms with Gasteiger partial charge in [0.15, 0.2) is 0 Å². The molecule has 0 aromatic carbocycles. The number of aromatic nitrogens is 3. The highest BCUT2D eigenvalue weighted by atomic mass is 28.1. The molecule has 1 heterocycles. The molecule has 1 aromatic heterocycles. The zero-order valence-corrected chi connectivity index (χ0v) is 27.4. The highest BCUT2D eigenvalue weighted by molar-refractivity contribution is 6.09. The number of anilines is 3. The third kappa shape index (κ3) is 14.1. The Balaban J connectivity index is 3.00. The van der Waals surface area contributed by atoms with E-state index in [1.807, 2.05) is 20.8 Å². The van der Waals surface area contributed by atoms with Crippen LogP contribution < -0.4 is 16.0 Å². The van der Waals surface area contributed by atoms with Gasteiger partial charge in [-0.1, -0.05) is 78.1 Å². The fourth-order valence-corrected chi connectivity index (χ4v) is 5.24. The van der Waals surface area contributed by atoms with Crippen LogP contribution in [-0.2, 0) is 14.2 Å². The lowest BCUT2D eigenvalue weighted by Gasteiger charge is -2.39. The average Bonchev–Trinajstić information content (AvgIpc) is 2.91. The van der Waals surface area contributed by atoms with Gasteiger partial charge in [0.25, 0.3) is 5.91 Å². The molecule has 10 heteroatoms. The van der Waals surface area contributed by atoms with Crippen LogP contribution in [0.1, 0.15) is 112 Å². The van der Waals surface area contributed by atoms with Crippen LogP contribution in [0.3, 0.4) is 0 Å². The molecule has 0 saturated heterocycles. The molecule has 9 nitrogen and oxygen atoms in total. The van der Waals surface area contributed by atoms with Crippen LogP contribution >= 0.6 is 0 Å². The number of nitrogens with one attached hydrogen (secondary N) is 3. The molecule has 38 heavy (non-hydrogen) atoms. The minimum atomic E-state index is -1.16. The normalized spacial score (nSPS) is 12.6. The molecule has 0 bridgehead atoms. The van der Waals surface area contributed by atoms with E-state index in [-0.39, 0.29) is 6.10 Å². The van der Waals surface area contributed by atoms with Crippen molar-refractivity contribution in [3.05, 3.63) is 0 Å². The lowest BCUT2D eigenvalue weighted by Crippen LogP contribution is -2.55. The number of rotatable bonds is 26. The number of hydrogen-bond donors (Lipinski definition) is 3. The van der Waals surface area contributed by atoms with Crippen LogP contribution in [0.15, 0.2) is 0 Å². The Kier molecular flexibility index (Phi) is 20.3. The van der Waals surface area contributed by atoms with Gasteiger partial charge in [-0.2, -0.15) is 15.0 Å². The van der Waals surface area contributed by atoms with E-state index in [0.717, 1.165) is 42.2 Å².